The summed E-state index contributed by atoms with van der Waals surface area (Å²) in [6.45, 7) is 0. The first-order chi connectivity index (χ1) is 9.10. The highest BCUT2D eigenvalue weighted by Crippen LogP contribution is 2.34. The summed E-state index contributed by atoms with van der Waals surface area (Å²) < 4.78 is 15.6. The number of ether oxygens (including phenoxy) is 3. The highest BCUT2D eigenvalue weighted by atomic mass is 16.5. The Morgan fingerprint density at radius 3 is 2.16 bits per heavy atom. The molecule has 19 heavy (non-hydrogen) atoms. The summed E-state index contributed by atoms with van der Waals surface area (Å²) >= 11 is 0. The largest absolute Gasteiger partial charge is 0.496 e. The predicted octanol–water partition coefficient (Wildman–Crippen LogP) is 0.542. The van der Waals surface area contributed by atoms with Crippen LogP contribution < -0.4 is 25.3 Å². The van der Waals surface area contributed by atoms with Gasteiger partial charge in [0, 0.05) is 24.2 Å². The minimum absolute atomic E-state index is 0.0466. The molecule has 6 nitrogen and oxygen atoms in total. The topological polar surface area (TPSA) is 82.8 Å². The number of hydrogen-bond donors (Lipinski definition) is 2. The van der Waals surface area contributed by atoms with E-state index in [1.807, 2.05) is 0 Å². The molecule has 0 radical (unpaired) electrons. The van der Waals surface area contributed by atoms with Gasteiger partial charge in [0.1, 0.15) is 5.75 Å². The number of hydrogen-bond acceptors (Lipinski definition) is 5. The predicted molar refractivity (Wildman–Crippen MR) is 69.9 cm³/mol. The Kier molecular flexibility index (Phi) is 3.80. The summed E-state index contributed by atoms with van der Waals surface area (Å²) in [6, 6.07) is 3.32. The van der Waals surface area contributed by atoms with Crippen LogP contribution in [0.3, 0.4) is 0 Å². The number of carbonyl (C=O) groups excluding carboxylic acids is 1. The van der Waals surface area contributed by atoms with Crippen LogP contribution in [0.2, 0.25) is 0 Å². The van der Waals surface area contributed by atoms with E-state index in [-0.39, 0.29) is 18.0 Å². The van der Waals surface area contributed by atoms with Crippen molar-refractivity contribution in [2.75, 3.05) is 21.3 Å². The Balaban J connectivity index is 2.29. The van der Waals surface area contributed by atoms with Crippen LogP contribution >= 0.6 is 0 Å². The molecular weight excluding hydrogens is 248 g/mol. The third-order valence-electron chi connectivity index (χ3n) is 3.11. The van der Waals surface area contributed by atoms with Gasteiger partial charge in [-0.3, -0.25) is 4.79 Å². The third-order valence-corrected chi connectivity index (χ3v) is 3.11. The Labute approximate surface area is 111 Å². The van der Waals surface area contributed by atoms with E-state index < -0.39 is 0 Å². The molecule has 1 aliphatic carbocycles. The average molecular weight is 266 g/mol. The average Bonchev–Trinajstić information content (AvgIpc) is 3.12. The van der Waals surface area contributed by atoms with Crippen molar-refractivity contribution in [3.63, 3.8) is 0 Å². The highest BCUT2D eigenvalue weighted by molar-refractivity contribution is 5.98. The minimum atomic E-state index is -0.226. The number of nitrogens with two attached hydrogens (primary N) is 1. The fourth-order valence-corrected chi connectivity index (χ4v) is 1.83. The number of rotatable bonds is 5. The summed E-state index contributed by atoms with van der Waals surface area (Å²) in [5, 5.41) is 2.84. The second kappa shape index (κ2) is 5.36. The Bertz CT molecular complexity index is 490. The maximum Gasteiger partial charge on any atom is 0.255 e. The normalized spacial score (nSPS) is 20.6. The maximum atomic E-state index is 12.1. The molecule has 1 fully saturated rings. The van der Waals surface area contributed by atoms with Gasteiger partial charge in [-0.2, -0.15) is 0 Å². The van der Waals surface area contributed by atoms with Gasteiger partial charge >= 0.3 is 0 Å². The zero-order chi connectivity index (χ0) is 14.0. The van der Waals surface area contributed by atoms with E-state index >= 15 is 0 Å². The number of benzene rings is 1. The van der Waals surface area contributed by atoms with Gasteiger partial charge in [0.25, 0.3) is 5.91 Å². The molecule has 1 aromatic carbocycles. The summed E-state index contributed by atoms with van der Waals surface area (Å²) in [6.07, 6.45) is 0.807. The van der Waals surface area contributed by atoms with Gasteiger partial charge in [-0.05, 0) is 6.42 Å². The Hall–Kier alpha value is -1.95. The smallest absolute Gasteiger partial charge is 0.255 e. The Morgan fingerprint density at radius 2 is 1.68 bits per heavy atom. The lowest BCUT2D eigenvalue weighted by molar-refractivity contribution is 0.0947. The van der Waals surface area contributed by atoms with Crippen LogP contribution in [-0.2, 0) is 0 Å². The minimum Gasteiger partial charge on any atom is -0.496 e. The third kappa shape index (κ3) is 2.73. The van der Waals surface area contributed by atoms with Crippen LogP contribution in [0.5, 0.6) is 17.2 Å². The van der Waals surface area contributed by atoms with E-state index in [0.29, 0.717) is 22.8 Å². The summed E-state index contributed by atoms with van der Waals surface area (Å²) in [7, 11) is 4.55. The first-order valence-corrected chi connectivity index (χ1v) is 5.97. The van der Waals surface area contributed by atoms with Crippen molar-refractivity contribution in [2.45, 2.75) is 18.5 Å². The maximum absolute atomic E-state index is 12.1. The van der Waals surface area contributed by atoms with Crippen molar-refractivity contribution in [1.82, 2.24) is 5.32 Å². The molecule has 1 aromatic rings. The molecule has 0 saturated heterocycles. The number of amides is 1. The van der Waals surface area contributed by atoms with Crippen molar-refractivity contribution < 1.29 is 19.0 Å². The van der Waals surface area contributed by atoms with Crippen LogP contribution in [0.25, 0.3) is 0 Å². The van der Waals surface area contributed by atoms with Crippen LogP contribution in [0.15, 0.2) is 12.1 Å². The molecule has 0 aliphatic heterocycles. The second-order valence-corrected chi connectivity index (χ2v) is 4.39. The molecule has 6 heteroatoms. The van der Waals surface area contributed by atoms with Crippen LogP contribution in [0, 0.1) is 0 Å². The molecule has 0 bridgehead atoms. The summed E-state index contributed by atoms with van der Waals surface area (Å²) in [5.74, 6) is 1.20. The van der Waals surface area contributed by atoms with Crippen molar-refractivity contribution >= 4 is 5.91 Å². The molecule has 104 valence electrons. The SMILES string of the molecule is COc1cc(OC)c(C(=O)NC2CC2N)cc1OC. The van der Waals surface area contributed by atoms with E-state index in [4.69, 9.17) is 19.9 Å². The van der Waals surface area contributed by atoms with E-state index in [2.05, 4.69) is 5.32 Å². The van der Waals surface area contributed by atoms with E-state index in [1.54, 1.807) is 12.1 Å². The molecule has 2 rings (SSSR count). The molecule has 2 atom stereocenters. The first kappa shape index (κ1) is 13.5. The molecule has 0 aromatic heterocycles. The molecule has 0 spiro atoms. The Morgan fingerprint density at radius 1 is 1.16 bits per heavy atom. The zero-order valence-electron chi connectivity index (χ0n) is 11.2. The summed E-state index contributed by atoms with van der Waals surface area (Å²) in [5.41, 5.74) is 6.08. The fraction of sp³-hybridized carbons (Fsp3) is 0.462. The molecule has 0 heterocycles. The zero-order valence-corrected chi connectivity index (χ0v) is 11.2. The molecule has 3 N–H and O–H groups in total. The van der Waals surface area contributed by atoms with Crippen LogP contribution in [-0.4, -0.2) is 39.3 Å². The lowest BCUT2D eigenvalue weighted by Crippen LogP contribution is -2.30. The fourth-order valence-electron chi connectivity index (χ4n) is 1.83. The van der Waals surface area contributed by atoms with E-state index in [9.17, 15) is 4.79 Å². The van der Waals surface area contributed by atoms with Crippen molar-refractivity contribution in [3.05, 3.63) is 17.7 Å². The lowest BCUT2D eigenvalue weighted by Gasteiger charge is -2.13. The van der Waals surface area contributed by atoms with E-state index in [0.717, 1.165) is 6.42 Å². The lowest BCUT2D eigenvalue weighted by atomic mass is 10.1. The van der Waals surface area contributed by atoms with Crippen molar-refractivity contribution in [3.8, 4) is 17.2 Å². The van der Waals surface area contributed by atoms with Gasteiger partial charge in [-0.25, -0.2) is 0 Å². The summed E-state index contributed by atoms with van der Waals surface area (Å²) in [4.78, 5) is 12.1. The van der Waals surface area contributed by atoms with Gasteiger partial charge in [0.05, 0.1) is 26.9 Å². The standard InChI is InChI=1S/C13H18N2O4/c1-17-10-6-12(19-3)11(18-2)4-7(10)13(16)15-9-5-8(9)14/h4,6,8-9H,5,14H2,1-3H3,(H,15,16). The molecule has 1 amide bonds. The monoisotopic (exact) mass is 266 g/mol. The second-order valence-electron chi connectivity index (χ2n) is 4.39. The number of methoxy groups -OCH3 is 3. The number of carbonyl (C=O) groups is 1. The molecule has 2 unspecified atom stereocenters. The van der Waals surface area contributed by atoms with Crippen molar-refractivity contribution in [1.29, 1.82) is 0 Å². The van der Waals surface area contributed by atoms with E-state index in [1.165, 1.54) is 21.3 Å². The quantitative estimate of drug-likeness (QED) is 0.813. The number of nitrogens with one attached hydrogen (secondary N) is 1. The van der Waals surface area contributed by atoms with Crippen LogP contribution in [0.1, 0.15) is 16.8 Å². The van der Waals surface area contributed by atoms with Gasteiger partial charge in [-0.15, -0.1) is 0 Å². The molecular formula is C13H18N2O4. The highest BCUT2D eigenvalue weighted by Gasteiger charge is 2.35. The van der Waals surface area contributed by atoms with Gasteiger partial charge in [0.15, 0.2) is 11.5 Å². The van der Waals surface area contributed by atoms with Gasteiger partial charge in [-0.1, -0.05) is 0 Å². The van der Waals surface area contributed by atoms with Gasteiger partial charge in [0.2, 0.25) is 0 Å². The molecule has 1 aliphatic rings. The molecule has 1 saturated carbocycles. The van der Waals surface area contributed by atoms with Crippen molar-refractivity contribution in [2.24, 2.45) is 5.73 Å². The van der Waals surface area contributed by atoms with Crippen LogP contribution in [0.4, 0.5) is 0 Å². The first-order valence-electron chi connectivity index (χ1n) is 5.97. The van der Waals surface area contributed by atoms with Gasteiger partial charge < -0.3 is 25.3 Å².